The van der Waals surface area contributed by atoms with Crippen LogP contribution in [0.1, 0.15) is 12.8 Å². The lowest BCUT2D eigenvalue weighted by Crippen LogP contribution is -2.46. The summed E-state index contributed by atoms with van der Waals surface area (Å²) in [5.74, 6) is 0.454. The second-order valence-electron chi connectivity index (χ2n) is 5.39. The van der Waals surface area contributed by atoms with Crippen LogP contribution in [0.3, 0.4) is 0 Å². The van der Waals surface area contributed by atoms with Crippen LogP contribution in [0.5, 0.6) is 0 Å². The largest absolute Gasteiger partial charge is 0.379 e. The molecule has 1 aliphatic heterocycles. The van der Waals surface area contributed by atoms with Gasteiger partial charge in [0.25, 0.3) is 10.2 Å². The second kappa shape index (κ2) is 8.91. The van der Waals surface area contributed by atoms with E-state index in [1.807, 2.05) is 19.0 Å². The fraction of sp³-hybridized carbons (Fsp3) is 1.00. The van der Waals surface area contributed by atoms with Gasteiger partial charge in [0.2, 0.25) is 0 Å². The zero-order valence-electron chi connectivity index (χ0n) is 12.5. The van der Waals surface area contributed by atoms with Crippen molar-refractivity contribution in [1.82, 2.24) is 13.9 Å². The van der Waals surface area contributed by atoms with Crippen molar-refractivity contribution in [2.45, 2.75) is 12.8 Å². The predicted octanol–water partition coefficient (Wildman–Crippen LogP) is -0.930. The van der Waals surface area contributed by atoms with Crippen LogP contribution in [0.15, 0.2) is 0 Å². The highest BCUT2D eigenvalue weighted by Crippen LogP contribution is 2.17. The summed E-state index contributed by atoms with van der Waals surface area (Å²) in [6.45, 7) is 3.90. The molecule has 0 aromatic heterocycles. The molecule has 0 atom stereocenters. The lowest BCUT2D eigenvalue weighted by atomic mass is 9.99. The van der Waals surface area contributed by atoms with E-state index >= 15 is 0 Å². The minimum Gasteiger partial charge on any atom is -0.379 e. The van der Waals surface area contributed by atoms with Gasteiger partial charge in [-0.3, -0.25) is 0 Å². The third-order valence-corrected chi connectivity index (χ3v) is 5.07. The number of hydrogen-bond acceptors (Lipinski definition) is 5. The maximum atomic E-state index is 12.0. The highest BCUT2D eigenvalue weighted by atomic mass is 32.2. The standard InChI is InChI=1S/C12H28N4O3S/c1-15(2)8-10-19-9-5-14-20(17,18)16-6-3-12(11-13)4-7-16/h12,14H,3-11,13H2,1-2H3. The van der Waals surface area contributed by atoms with Gasteiger partial charge in [-0.1, -0.05) is 0 Å². The molecule has 120 valence electrons. The van der Waals surface area contributed by atoms with E-state index in [0.29, 0.717) is 45.3 Å². The molecule has 8 heteroatoms. The van der Waals surface area contributed by atoms with E-state index in [0.717, 1.165) is 19.4 Å². The van der Waals surface area contributed by atoms with Crippen LogP contribution >= 0.6 is 0 Å². The molecule has 0 bridgehead atoms. The Hall–Kier alpha value is -0.250. The highest BCUT2D eigenvalue weighted by Gasteiger charge is 2.26. The maximum absolute atomic E-state index is 12.0. The number of ether oxygens (including phenoxy) is 1. The number of rotatable bonds is 9. The summed E-state index contributed by atoms with van der Waals surface area (Å²) >= 11 is 0. The van der Waals surface area contributed by atoms with Crippen molar-refractivity contribution in [3.05, 3.63) is 0 Å². The number of nitrogens with two attached hydrogens (primary N) is 1. The SMILES string of the molecule is CN(C)CCOCCNS(=O)(=O)N1CCC(CN)CC1. The molecular weight excluding hydrogens is 280 g/mol. The molecule has 20 heavy (non-hydrogen) atoms. The summed E-state index contributed by atoms with van der Waals surface area (Å²) in [6.07, 6.45) is 1.69. The Morgan fingerprint density at radius 1 is 1.30 bits per heavy atom. The summed E-state index contributed by atoms with van der Waals surface area (Å²) in [4.78, 5) is 2.02. The van der Waals surface area contributed by atoms with E-state index < -0.39 is 10.2 Å². The summed E-state index contributed by atoms with van der Waals surface area (Å²) in [5.41, 5.74) is 5.60. The fourth-order valence-electron chi connectivity index (χ4n) is 2.07. The lowest BCUT2D eigenvalue weighted by Gasteiger charge is -2.30. The minimum atomic E-state index is -3.37. The van der Waals surface area contributed by atoms with Crippen LogP contribution in [-0.4, -0.2) is 77.7 Å². The highest BCUT2D eigenvalue weighted by molar-refractivity contribution is 7.87. The first-order chi connectivity index (χ1) is 9.45. The van der Waals surface area contributed by atoms with Crippen molar-refractivity contribution < 1.29 is 13.2 Å². The summed E-state index contributed by atoms with van der Waals surface area (Å²) in [6, 6.07) is 0. The summed E-state index contributed by atoms with van der Waals surface area (Å²) < 4.78 is 33.5. The minimum absolute atomic E-state index is 0.312. The molecule has 3 N–H and O–H groups in total. The molecule has 1 saturated heterocycles. The molecule has 0 amide bonds. The molecule has 0 spiro atoms. The monoisotopic (exact) mass is 308 g/mol. The van der Waals surface area contributed by atoms with Gasteiger partial charge >= 0.3 is 0 Å². The van der Waals surface area contributed by atoms with Crippen molar-refractivity contribution in [1.29, 1.82) is 0 Å². The number of hydrogen-bond donors (Lipinski definition) is 2. The quantitative estimate of drug-likeness (QED) is 0.537. The Labute approximate surface area is 122 Å². The molecule has 1 rings (SSSR count). The molecule has 0 saturated carbocycles. The molecule has 1 heterocycles. The van der Waals surface area contributed by atoms with Gasteiger partial charge < -0.3 is 15.4 Å². The van der Waals surface area contributed by atoms with Gasteiger partial charge in [-0.15, -0.1) is 0 Å². The van der Waals surface area contributed by atoms with Crippen molar-refractivity contribution >= 4 is 10.2 Å². The van der Waals surface area contributed by atoms with Gasteiger partial charge in [0.15, 0.2) is 0 Å². The van der Waals surface area contributed by atoms with Crippen LogP contribution in [0.2, 0.25) is 0 Å². The topological polar surface area (TPSA) is 87.9 Å². The summed E-state index contributed by atoms with van der Waals surface area (Å²) in [7, 11) is 0.572. The first kappa shape index (κ1) is 17.8. The first-order valence-electron chi connectivity index (χ1n) is 7.13. The maximum Gasteiger partial charge on any atom is 0.279 e. The van der Waals surface area contributed by atoms with Crippen molar-refractivity contribution in [2.24, 2.45) is 11.7 Å². The Morgan fingerprint density at radius 2 is 1.95 bits per heavy atom. The van der Waals surface area contributed by atoms with Gasteiger partial charge in [0.05, 0.1) is 13.2 Å². The van der Waals surface area contributed by atoms with Gasteiger partial charge in [-0.25, -0.2) is 0 Å². The predicted molar refractivity (Wildman–Crippen MR) is 79.6 cm³/mol. The van der Waals surface area contributed by atoms with Gasteiger partial charge in [0.1, 0.15) is 0 Å². The molecular formula is C12H28N4O3S. The van der Waals surface area contributed by atoms with Crippen LogP contribution in [-0.2, 0) is 14.9 Å². The molecule has 0 aromatic rings. The Morgan fingerprint density at radius 3 is 2.50 bits per heavy atom. The molecule has 1 aliphatic rings. The van der Waals surface area contributed by atoms with Gasteiger partial charge in [-0.05, 0) is 39.4 Å². The molecule has 0 radical (unpaired) electrons. The Kier molecular flexibility index (Phi) is 7.93. The Bertz CT molecular complexity index is 354. The van der Waals surface area contributed by atoms with Crippen LogP contribution in [0.4, 0.5) is 0 Å². The molecule has 1 fully saturated rings. The average molecular weight is 308 g/mol. The van der Waals surface area contributed by atoms with E-state index in [9.17, 15) is 8.42 Å². The normalized spacial score (nSPS) is 18.8. The van der Waals surface area contributed by atoms with E-state index in [-0.39, 0.29) is 0 Å². The van der Waals surface area contributed by atoms with E-state index in [2.05, 4.69) is 4.72 Å². The number of nitrogens with zero attached hydrogens (tertiary/aromatic N) is 2. The Balaban J connectivity index is 2.18. The van der Waals surface area contributed by atoms with Crippen LogP contribution < -0.4 is 10.5 Å². The van der Waals surface area contributed by atoms with E-state index in [1.54, 1.807) is 0 Å². The van der Waals surface area contributed by atoms with E-state index in [4.69, 9.17) is 10.5 Å². The number of likely N-dealkylation sites (N-methyl/N-ethyl adjacent to an activating group) is 1. The molecule has 0 aliphatic carbocycles. The zero-order valence-corrected chi connectivity index (χ0v) is 13.4. The number of nitrogens with one attached hydrogen (secondary N) is 1. The van der Waals surface area contributed by atoms with Crippen LogP contribution in [0, 0.1) is 5.92 Å². The molecule has 0 aromatic carbocycles. The van der Waals surface area contributed by atoms with Crippen molar-refractivity contribution in [3.8, 4) is 0 Å². The third-order valence-electron chi connectivity index (χ3n) is 3.46. The van der Waals surface area contributed by atoms with Crippen LogP contribution in [0.25, 0.3) is 0 Å². The average Bonchev–Trinajstić information content (AvgIpc) is 2.42. The third kappa shape index (κ3) is 6.47. The van der Waals surface area contributed by atoms with E-state index in [1.165, 1.54) is 4.31 Å². The fourth-order valence-corrected chi connectivity index (χ4v) is 3.28. The lowest BCUT2D eigenvalue weighted by molar-refractivity contribution is 0.122. The molecule has 7 nitrogen and oxygen atoms in total. The van der Waals surface area contributed by atoms with Gasteiger partial charge in [0, 0.05) is 26.2 Å². The molecule has 0 unspecified atom stereocenters. The smallest absolute Gasteiger partial charge is 0.279 e. The second-order valence-corrected chi connectivity index (χ2v) is 7.15. The van der Waals surface area contributed by atoms with Crippen molar-refractivity contribution in [3.63, 3.8) is 0 Å². The number of piperidine rings is 1. The summed E-state index contributed by atoms with van der Waals surface area (Å²) in [5, 5.41) is 0. The van der Waals surface area contributed by atoms with Crippen molar-refractivity contribution in [2.75, 3.05) is 60.0 Å². The zero-order chi connectivity index (χ0) is 15.0. The first-order valence-corrected chi connectivity index (χ1v) is 8.57. The van der Waals surface area contributed by atoms with Gasteiger partial charge in [-0.2, -0.15) is 17.4 Å².